The number of nitrogens with one attached hydrogen (secondary N) is 1. The summed E-state index contributed by atoms with van der Waals surface area (Å²) in [7, 11) is 6.40. The van der Waals surface area contributed by atoms with Gasteiger partial charge in [0.1, 0.15) is 0 Å². The molecule has 1 amide bonds. The quantitative estimate of drug-likeness (QED) is 0.542. The minimum atomic E-state index is -0.935. The highest BCUT2D eigenvalue weighted by atomic mass is 16.7. The van der Waals surface area contributed by atoms with E-state index in [1.165, 1.54) is 0 Å². The molecule has 2 heterocycles. The predicted octanol–water partition coefficient (Wildman–Crippen LogP) is 3.21. The standard InChI is InChI=1S/C15H22BNO3.C13H17BO4.C2H7N/c1-14(2)15(3,4)20-16(19-14)12-9-7-11(8-10-12)13(18)17(5)6;1-12(2)13(3,4)18-14(17-12)10-7-5-9(6-8-10)11(15)16;1-3-2/h7-10H,1-6H3;5-8H,1-4H3,(H,15,16);3H,1-2H3. The second-order valence-corrected chi connectivity index (χ2v) is 12.4. The van der Waals surface area contributed by atoms with Gasteiger partial charge < -0.3 is 33.9 Å². The number of carbonyl (C=O) groups is 2. The maximum atomic E-state index is 11.8. The summed E-state index contributed by atoms with van der Waals surface area (Å²) in [6.07, 6.45) is 0. The Hall–Kier alpha value is -2.69. The number of nitrogens with zero attached hydrogens (tertiary/aromatic N) is 1. The molecule has 2 aliphatic rings. The first-order valence-corrected chi connectivity index (χ1v) is 13.7. The molecule has 0 spiro atoms. The van der Waals surface area contributed by atoms with Crippen LogP contribution in [0.1, 0.15) is 76.1 Å². The fourth-order valence-electron chi connectivity index (χ4n) is 3.78. The van der Waals surface area contributed by atoms with Gasteiger partial charge in [-0.1, -0.05) is 24.3 Å². The molecule has 0 atom stereocenters. The van der Waals surface area contributed by atoms with Gasteiger partial charge in [-0.15, -0.1) is 0 Å². The molecule has 41 heavy (non-hydrogen) atoms. The summed E-state index contributed by atoms with van der Waals surface area (Å²) < 4.78 is 23.7. The van der Waals surface area contributed by atoms with Crippen molar-refractivity contribution < 1.29 is 33.3 Å². The molecule has 0 bridgehead atoms. The molecule has 0 saturated carbocycles. The van der Waals surface area contributed by atoms with Gasteiger partial charge in [0.05, 0.1) is 28.0 Å². The molecule has 2 aromatic carbocycles. The summed E-state index contributed by atoms with van der Waals surface area (Å²) in [5, 5.41) is 11.6. The van der Waals surface area contributed by atoms with Crippen LogP contribution in [0.5, 0.6) is 0 Å². The molecule has 2 saturated heterocycles. The van der Waals surface area contributed by atoms with Crippen LogP contribution >= 0.6 is 0 Å². The van der Waals surface area contributed by atoms with Gasteiger partial charge in [0.25, 0.3) is 5.91 Å². The van der Waals surface area contributed by atoms with Crippen LogP contribution in [0.4, 0.5) is 0 Å². The Morgan fingerprint density at radius 1 is 0.634 bits per heavy atom. The van der Waals surface area contributed by atoms with Crippen molar-refractivity contribution in [3.05, 3.63) is 59.7 Å². The van der Waals surface area contributed by atoms with Crippen molar-refractivity contribution in [1.82, 2.24) is 10.2 Å². The topological polar surface area (TPSA) is 107 Å². The second kappa shape index (κ2) is 13.1. The van der Waals surface area contributed by atoms with Crippen LogP contribution in [0.2, 0.25) is 0 Å². The Morgan fingerprint density at radius 2 is 0.902 bits per heavy atom. The number of amides is 1. The first-order valence-electron chi connectivity index (χ1n) is 13.7. The third kappa shape index (κ3) is 8.20. The van der Waals surface area contributed by atoms with E-state index in [1.54, 1.807) is 43.3 Å². The van der Waals surface area contributed by atoms with Gasteiger partial charge in [0.15, 0.2) is 0 Å². The average molecular weight is 568 g/mol. The Labute approximate surface area is 246 Å². The molecular weight excluding hydrogens is 522 g/mol. The maximum absolute atomic E-state index is 11.8. The number of rotatable bonds is 4. The van der Waals surface area contributed by atoms with Gasteiger partial charge in [-0.25, -0.2) is 4.79 Å². The molecular formula is C30H46B2N2O7. The van der Waals surface area contributed by atoms with Crippen molar-refractivity contribution in [3.8, 4) is 0 Å². The van der Waals surface area contributed by atoms with E-state index >= 15 is 0 Å². The summed E-state index contributed by atoms with van der Waals surface area (Å²) in [4.78, 5) is 24.2. The molecule has 0 aromatic heterocycles. The maximum Gasteiger partial charge on any atom is 0.494 e. The Kier molecular flexibility index (Phi) is 11.0. The van der Waals surface area contributed by atoms with Crippen LogP contribution in [-0.4, -0.2) is 86.7 Å². The summed E-state index contributed by atoms with van der Waals surface area (Å²) in [6, 6.07) is 14.0. The van der Waals surface area contributed by atoms with Gasteiger partial charge >= 0.3 is 20.2 Å². The van der Waals surface area contributed by atoms with Gasteiger partial charge in [-0.2, -0.15) is 0 Å². The Bertz CT molecular complexity index is 1150. The minimum absolute atomic E-state index is 0.00883. The third-order valence-electron chi connectivity index (χ3n) is 7.77. The number of carboxylic acids is 1. The van der Waals surface area contributed by atoms with Crippen molar-refractivity contribution in [2.24, 2.45) is 0 Å². The normalized spacial score (nSPS) is 19.4. The van der Waals surface area contributed by atoms with E-state index in [1.807, 2.05) is 93.8 Å². The molecule has 0 radical (unpaired) electrons. The lowest BCUT2D eigenvalue weighted by molar-refractivity contribution is 0.00578. The number of carbonyl (C=O) groups excluding carboxylic acids is 1. The third-order valence-corrected chi connectivity index (χ3v) is 7.77. The van der Waals surface area contributed by atoms with E-state index < -0.39 is 13.1 Å². The molecule has 224 valence electrons. The smallest absolute Gasteiger partial charge is 0.478 e. The Morgan fingerprint density at radius 3 is 1.15 bits per heavy atom. The van der Waals surface area contributed by atoms with Crippen LogP contribution in [0.25, 0.3) is 0 Å². The van der Waals surface area contributed by atoms with E-state index in [2.05, 4.69) is 5.32 Å². The van der Waals surface area contributed by atoms with Crippen molar-refractivity contribution in [3.63, 3.8) is 0 Å². The van der Waals surface area contributed by atoms with Gasteiger partial charge in [0.2, 0.25) is 0 Å². The SMILES string of the molecule is CC1(C)OB(c2ccc(C(=O)O)cc2)OC1(C)C.CN(C)C(=O)c1ccc(B2OC(C)(C)C(C)(C)O2)cc1.CNC. The van der Waals surface area contributed by atoms with E-state index in [9.17, 15) is 9.59 Å². The van der Waals surface area contributed by atoms with E-state index in [0.29, 0.717) is 5.56 Å². The number of benzene rings is 2. The zero-order chi connectivity index (χ0) is 31.4. The van der Waals surface area contributed by atoms with E-state index in [-0.39, 0.29) is 41.0 Å². The zero-order valence-corrected chi connectivity index (χ0v) is 26.6. The lowest BCUT2D eigenvalue weighted by Crippen LogP contribution is -2.41. The largest absolute Gasteiger partial charge is 0.494 e. The van der Waals surface area contributed by atoms with Gasteiger partial charge in [-0.3, -0.25) is 4.79 Å². The lowest BCUT2D eigenvalue weighted by Gasteiger charge is -2.32. The number of hydrogen-bond donors (Lipinski definition) is 2. The molecule has 2 aliphatic heterocycles. The summed E-state index contributed by atoms with van der Waals surface area (Å²) >= 11 is 0. The molecule has 0 aliphatic carbocycles. The molecule has 2 aromatic rings. The van der Waals surface area contributed by atoms with Crippen LogP contribution in [0.3, 0.4) is 0 Å². The lowest BCUT2D eigenvalue weighted by atomic mass is 9.79. The van der Waals surface area contributed by atoms with Crippen LogP contribution in [-0.2, 0) is 18.6 Å². The zero-order valence-electron chi connectivity index (χ0n) is 26.6. The van der Waals surface area contributed by atoms with E-state index in [4.69, 9.17) is 23.7 Å². The molecule has 11 heteroatoms. The highest BCUT2D eigenvalue weighted by molar-refractivity contribution is 6.62. The molecule has 9 nitrogen and oxygen atoms in total. The van der Waals surface area contributed by atoms with Crippen molar-refractivity contribution >= 4 is 37.0 Å². The van der Waals surface area contributed by atoms with Gasteiger partial charge in [-0.05, 0) is 105 Å². The average Bonchev–Trinajstić information content (AvgIpc) is 3.24. The summed E-state index contributed by atoms with van der Waals surface area (Å²) in [6.45, 7) is 16.0. The van der Waals surface area contributed by atoms with Crippen LogP contribution < -0.4 is 16.2 Å². The van der Waals surface area contributed by atoms with Crippen molar-refractivity contribution in [2.45, 2.75) is 77.8 Å². The highest BCUT2D eigenvalue weighted by Crippen LogP contribution is 2.37. The molecule has 2 N–H and O–H groups in total. The number of hydrogen-bond acceptors (Lipinski definition) is 7. The fourth-order valence-corrected chi connectivity index (χ4v) is 3.78. The van der Waals surface area contributed by atoms with Gasteiger partial charge in [0, 0.05) is 19.7 Å². The second-order valence-electron chi connectivity index (χ2n) is 12.4. The van der Waals surface area contributed by atoms with Crippen molar-refractivity contribution in [1.29, 1.82) is 0 Å². The first kappa shape index (κ1) is 34.5. The number of aromatic carboxylic acids is 1. The minimum Gasteiger partial charge on any atom is -0.478 e. The molecule has 4 rings (SSSR count). The summed E-state index contributed by atoms with van der Waals surface area (Å²) in [5.74, 6) is -0.944. The monoisotopic (exact) mass is 568 g/mol. The van der Waals surface area contributed by atoms with Crippen LogP contribution in [0.15, 0.2) is 48.5 Å². The fraction of sp³-hybridized carbons (Fsp3) is 0.533. The number of carboxylic acid groups (broad SMARTS) is 1. The van der Waals surface area contributed by atoms with E-state index in [0.717, 1.165) is 10.9 Å². The molecule has 0 unspecified atom stereocenters. The Balaban J connectivity index is 0.000000263. The van der Waals surface area contributed by atoms with Crippen LogP contribution in [0, 0.1) is 0 Å². The first-order chi connectivity index (χ1) is 18.8. The summed E-state index contributed by atoms with van der Waals surface area (Å²) in [5.41, 5.74) is 1.21. The predicted molar refractivity (Wildman–Crippen MR) is 164 cm³/mol. The highest BCUT2D eigenvalue weighted by Gasteiger charge is 2.52. The van der Waals surface area contributed by atoms with Crippen molar-refractivity contribution in [2.75, 3.05) is 28.2 Å². The molecule has 2 fully saturated rings.